The molecule has 1 amide bonds. The van der Waals surface area contributed by atoms with Gasteiger partial charge in [0.25, 0.3) is 11.5 Å². The molecule has 1 N–H and O–H groups in total. The van der Waals surface area contributed by atoms with Gasteiger partial charge in [0, 0.05) is 43.2 Å². The summed E-state index contributed by atoms with van der Waals surface area (Å²) in [5, 5.41) is 3.99. The van der Waals surface area contributed by atoms with Crippen molar-refractivity contribution in [1.29, 1.82) is 0 Å². The van der Waals surface area contributed by atoms with E-state index in [2.05, 4.69) is 15.1 Å². The molecular weight excluding hydrogens is 417 g/mol. The number of benzene rings is 1. The third-order valence-electron chi connectivity index (χ3n) is 5.68. The molecule has 0 bridgehead atoms. The number of halogens is 1. The van der Waals surface area contributed by atoms with E-state index in [1.807, 2.05) is 0 Å². The van der Waals surface area contributed by atoms with E-state index in [4.69, 9.17) is 4.52 Å². The average Bonchev–Trinajstić information content (AvgIpc) is 3.31. The third kappa shape index (κ3) is 3.49. The van der Waals surface area contributed by atoms with Gasteiger partial charge in [-0.3, -0.25) is 19.1 Å². The summed E-state index contributed by atoms with van der Waals surface area (Å²) < 4.78 is 20.0. The Labute approximate surface area is 180 Å². The first-order valence-electron chi connectivity index (χ1n) is 10.1. The number of hydrogen-bond acceptors (Lipinski definition) is 6. The summed E-state index contributed by atoms with van der Waals surface area (Å²) in [4.78, 5) is 46.5. The van der Waals surface area contributed by atoms with Crippen molar-refractivity contribution in [3.05, 3.63) is 81.1 Å². The highest BCUT2D eigenvalue weighted by Gasteiger charge is 2.28. The van der Waals surface area contributed by atoms with Gasteiger partial charge >= 0.3 is 5.69 Å². The van der Waals surface area contributed by atoms with Crippen LogP contribution < -0.4 is 11.2 Å². The molecular formula is C22H18FN5O4. The van der Waals surface area contributed by atoms with Crippen molar-refractivity contribution < 1.29 is 13.7 Å². The number of likely N-dealkylation sites (tertiary alicyclic amines) is 1. The Kier molecular flexibility index (Phi) is 4.89. The van der Waals surface area contributed by atoms with Crippen LogP contribution in [0, 0.1) is 5.82 Å². The van der Waals surface area contributed by atoms with Crippen LogP contribution in [-0.4, -0.2) is 43.6 Å². The van der Waals surface area contributed by atoms with Crippen molar-refractivity contribution in [2.75, 3.05) is 13.1 Å². The van der Waals surface area contributed by atoms with Crippen LogP contribution >= 0.6 is 0 Å². The van der Waals surface area contributed by atoms with Crippen LogP contribution in [0.5, 0.6) is 0 Å². The van der Waals surface area contributed by atoms with Gasteiger partial charge in [0.1, 0.15) is 5.82 Å². The first kappa shape index (κ1) is 19.9. The van der Waals surface area contributed by atoms with Gasteiger partial charge < -0.3 is 14.4 Å². The Morgan fingerprint density at radius 1 is 1.16 bits per heavy atom. The second-order valence-corrected chi connectivity index (χ2v) is 7.64. The minimum Gasteiger partial charge on any atom is -0.355 e. The summed E-state index contributed by atoms with van der Waals surface area (Å²) in [6.07, 6.45) is 4.06. The maximum Gasteiger partial charge on any atom is 0.329 e. The van der Waals surface area contributed by atoms with Crippen LogP contribution in [0.3, 0.4) is 0 Å². The summed E-state index contributed by atoms with van der Waals surface area (Å²) in [5.41, 5.74) is 0.102. The zero-order valence-corrected chi connectivity index (χ0v) is 16.8. The van der Waals surface area contributed by atoms with Crippen molar-refractivity contribution in [2.24, 2.45) is 0 Å². The van der Waals surface area contributed by atoms with Gasteiger partial charge in [-0.25, -0.2) is 9.18 Å². The molecule has 4 heterocycles. The number of carbonyl (C=O) groups excluding carboxylic acids is 1. The summed E-state index contributed by atoms with van der Waals surface area (Å²) in [5.74, 6) is -0.395. The number of aromatic nitrogens is 4. The van der Waals surface area contributed by atoms with E-state index < -0.39 is 23.1 Å². The zero-order chi connectivity index (χ0) is 22.2. The molecule has 1 aliphatic rings. The summed E-state index contributed by atoms with van der Waals surface area (Å²) >= 11 is 0. The number of piperidine rings is 1. The standard InChI is InChI=1S/C22H18FN5O4/c23-14-3-4-17-16(10-14)20(29)28(22(31)25-17)15-5-8-27(9-6-15)21(30)18-11-19(32-26-18)13-2-1-7-24-12-13/h1-4,7,10-12,15H,5-6,8-9H2,(H,25,31). The quantitative estimate of drug-likeness (QED) is 0.528. The highest BCUT2D eigenvalue weighted by molar-refractivity contribution is 5.93. The number of nitrogens with zero attached hydrogens (tertiary/aromatic N) is 4. The van der Waals surface area contributed by atoms with Crippen LogP contribution in [0.25, 0.3) is 22.2 Å². The van der Waals surface area contributed by atoms with Gasteiger partial charge in [-0.05, 0) is 43.2 Å². The monoisotopic (exact) mass is 435 g/mol. The SMILES string of the molecule is O=C(c1cc(-c2cccnc2)on1)N1CCC(n2c(=O)[nH]c3ccc(F)cc3c2=O)CC1. The molecule has 162 valence electrons. The predicted octanol–water partition coefficient (Wildman–Crippen LogP) is 2.36. The van der Waals surface area contributed by atoms with Gasteiger partial charge in [0.05, 0.1) is 10.9 Å². The number of fused-ring (bicyclic) bond motifs is 1. The highest BCUT2D eigenvalue weighted by Crippen LogP contribution is 2.24. The van der Waals surface area contributed by atoms with Crippen molar-refractivity contribution in [1.82, 2.24) is 24.6 Å². The molecule has 4 aromatic rings. The molecule has 5 rings (SSSR count). The van der Waals surface area contributed by atoms with Crippen LogP contribution in [0.15, 0.2) is 62.9 Å². The number of hydrogen-bond donors (Lipinski definition) is 1. The Bertz CT molecular complexity index is 1420. The molecule has 0 radical (unpaired) electrons. The maximum absolute atomic E-state index is 13.6. The third-order valence-corrected chi connectivity index (χ3v) is 5.68. The fourth-order valence-electron chi connectivity index (χ4n) is 4.04. The van der Waals surface area contributed by atoms with Gasteiger partial charge in [-0.2, -0.15) is 0 Å². The van der Waals surface area contributed by atoms with Gasteiger partial charge in [-0.15, -0.1) is 0 Å². The van der Waals surface area contributed by atoms with Gasteiger partial charge in [0.15, 0.2) is 11.5 Å². The number of carbonyl (C=O) groups is 1. The Morgan fingerprint density at radius 2 is 1.97 bits per heavy atom. The smallest absolute Gasteiger partial charge is 0.329 e. The fraction of sp³-hybridized carbons (Fsp3) is 0.227. The molecule has 0 saturated carbocycles. The molecule has 10 heteroatoms. The van der Waals surface area contributed by atoms with Crippen molar-refractivity contribution >= 4 is 16.8 Å². The molecule has 0 unspecified atom stereocenters. The summed E-state index contributed by atoms with van der Waals surface area (Å²) in [6, 6.07) is 8.41. The maximum atomic E-state index is 13.6. The normalized spacial score (nSPS) is 14.7. The molecule has 1 aliphatic heterocycles. The second-order valence-electron chi connectivity index (χ2n) is 7.64. The Morgan fingerprint density at radius 3 is 2.72 bits per heavy atom. The van der Waals surface area contributed by atoms with Crippen LogP contribution in [0.1, 0.15) is 29.4 Å². The molecule has 9 nitrogen and oxygen atoms in total. The zero-order valence-electron chi connectivity index (χ0n) is 16.8. The lowest BCUT2D eigenvalue weighted by molar-refractivity contribution is 0.0681. The molecule has 0 spiro atoms. The van der Waals surface area contributed by atoms with E-state index in [-0.39, 0.29) is 17.0 Å². The molecule has 1 aromatic carbocycles. The number of aromatic amines is 1. The van der Waals surface area contributed by atoms with E-state index in [0.717, 1.165) is 10.6 Å². The molecule has 0 aliphatic carbocycles. The molecule has 1 fully saturated rings. The fourth-order valence-corrected chi connectivity index (χ4v) is 4.04. The number of nitrogens with one attached hydrogen (secondary N) is 1. The lowest BCUT2D eigenvalue weighted by Gasteiger charge is -2.32. The first-order valence-corrected chi connectivity index (χ1v) is 10.1. The van der Waals surface area contributed by atoms with E-state index in [1.54, 1.807) is 35.5 Å². The van der Waals surface area contributed by atoms with E-state index in [0.29, 0.717) is 42.8 Å². The van der Waals surface area contributed by atoms with Crippen molar-refractivity contribution in [2.45, 2.75) is 18.9 Å². The molecule has 0 atom stereocenters. The number of H-pyrrole nitrogens is 1. The Hall–Kier alpha value is -4.08. The van der Waals surface area contributed by atoms with Gasteiger partial charge in [-0.1, -0.05) is 5.16 Å². The Balaban J connectivity index is 1.34. The number of rotatable bonds is 3. The van der Waals surface area contributed by atoms with Crippen molar-refractivity contribution in [3.63, 3.8) is 0 Å². The van der Waals surface area contributed by atoms with Crippen LogP contribution in [0.2, 0.25) is 0 Å². The lowest BCUT2D eigenvalue weighted by Crippen LogP contribution is -2.45. The second kappa shape index (κ2) is 7.88. The average molecular weight is 435 g/mol. The predicted molar refractivity (Wildman–Crippen MR) is 113 cm³/mol. The van der Waals surface area contributed by atoms with Crippen molar-refractivity contribution in [3.8, 4) is 11.3 Å². The first-order chi connectivity index (χ1) is 15.5. The molecule has 1 saturated heterocycles. The van der Waals surface area contributed by atoms with Gasteiger partial charge in [0.2, 0.25) is 0 Å². The van der Waals surface area contributed by atoms with E-state index >= 15 is 0 Å². The lowest BCUT2D eigenvalue weighted by atomic mass is 10.0. The number of amides is 1. The minimum absolute atomic E-state index is 0.119. The molecule has 3 aromatic heterocycles. The topological polar surface area (TPSA) is 114 Å². The minimum atomic E-state index is -0.549. The molecule has 32 heavy (non-hydrogen) atoms. The van der Waals surface area contributed by atoms with Crippen LogP contribution in [0.4, 0.5) is 4.39 Å². The van der Waals surface area contributed by atoms with Crippen LogP contribution in [-0.2, 0) is 0 Å². The summed E-state index contributed by atoms with van der Waals surface area (Å²) in [6.45, 7) is 0.678. The van der Waals surface area contributed by atoms with E-state index in [1.165, 1.54) is 12.1 Å². The van der Waals surface area contributed by atoms with E-state index in [9.17, 15) is 18.8 Å². The largest absolute Gasteiger partial charge is 0.355 e. The number of pyridine rings is 1. The highest BCUT2D eigenvalue weighted by atomic mass is 19.1. The summed E-state index contributed by atoms with van der Waals surface area (Å²) in [7, 11) is 0.